The van der Waals surface area contributed by atoms with Crippen LogP contribution in [-0.2, 0) is 0 Å². The molecule has 0 aromatic heterocycles. The van der Waals surface area contributed by atoms with Crippen LogP contribution in [0.2, 0.25) is 0 Å². The summed E-state index contributed by atoms with van der Waals surface area (Å²) in [6, 6.07) is 0. The van der Waals surface area contributed by atoms with Crippen molar-refractivity contribution in [2.75, 3.05) is 0 Å². The zero-order chi connectivity index (χ0) is 6.81. The first-order valence-electron chi connectivity index (χ1n) is 3.98. The highest BCUT2D eigenvalue weighted by Crippen LogP contribution is 2.29. The Labute approximate surface area is 61.9 Å². The van der Waals surface area contributed by atoms with E-state index in [0.29, 0.717) is 5.92 Å². The Morgan fingerprint density at radius 2 is 1.80 bits per heavy atom. The molecule has 0 saturated heterocycles. The average molecular weight is 132 g/mol. The molecule has 1 atom stereocenters. The minimum absolute atomic E-state index is 0.707. The molecule has 1 unspecified atom stereocenters. The minimum Gasteiger partial charge on any atom is -0.0882 e. The highest BCUT2D eigenvalue weighted by Gasteiger charge is 2.17. The van der Waals surface area contributed by atoms with Crippen LogP contribution in [0.4, 0.5) is 0 Å². The fraction of sp³-hybridized carbons (Fsp3) is 0.400. The number of allylic oxidation sites excluding steroid dienone is 6. The first kappa shape index (κ1) is 5.96. The van der Waals surface area contributed by atoms with Crippen molar-refractivity contribution in [3.63, 3.8) is 0 Å². The Hall–Kier alpha value is -0.780. The topological polar surface area (TPSA) is 0 Å². The normalized spacial score (nSPS) is 30.6. The molecule has 0 aromatic rings. The maximum Gasteiger partial charge on any atom is 0.00157 e. The second-order valence-corrected chi connectivity index (χ2v) is 3.02. The summed E-state index contributed by atoms with van der Waals surface area (Å²) >= 11 is 0. The van der Waals surface area contributed by atoms with Gasteiger partial charge in [-0.15, -0.1) is 0 Å². The van der Waals surface area contributed by atoms with E-state index in [-0.39, 0.29) is 0 Å². The van der Waals surface area contributed by atoms with Gasteiger partial charge in [0.1, 0.15) is 0 Å². The first-order chi connectivity index (χ1) is 4.97. The van der Waals surface area contributed by atoms with E-state index in [1.807, 2.05) is 0 Å². The van der Waals surface area contributed by atoms with Gasteiger partial charge in [-0.05, 0) is 18.8 Å². The van der Waals surface area contributed by atoms with Gasteiger partial charge < -0.3 is 0 Å². The first-order valence-corrected chi connectivity index (χ1v) is 3.98. The van der Waals surface area contributed by atoms with E-state index < -0.39 is 0 Å². The SMILES string of the molecule is C1=CC(C2C=CCC2)C=C1. The number of hydrogen-bond donors (Lipinski definition) is 0. The van der Waals surface area contributed by atoms with E-state index in [4.69, 9.17) is 0 Å². The molecule has 52 valence electrons. The Bertz CT molecular complexity index is 184. The summed E-state index contributed by atoms with van der Waals surface area (Å²) in [5.41, 5.74) is 0. The Morgan fingerprint density at radius 1 is 1.00 bits per heavy atom. The molecule has 10 heavy (non-hydrogen) atoms. The standard InChI is InChI=1S/C10H12/c1-2-6-9(5-1)10-7-3-4-8-10/h1-3,5-7,9-10H,4,8H2. The molecular formula is C10H12. The molecule has 0 fully saturated rings. The van der Waals surface area contributed by atoms with Crippen LogP contribution in [0.15, 0.2) is 36.5 Å². The summed E-state index contributed by atoms with van der Waals surface area (Å²) in [6.07, 6.45) is 16.2. The van der Waals surface area contributed by atoms with Gasteiger partial charge in [0.15, 0.2) is 0 Å². The molecule has 2 rings (SSSR count). The van der Waals surface area contributed by atoms with Crippen molar-refractivity contribution < 1.29 is 0 Å². The largest absolute Gasteiger partial charge is 0.0882 e. The molecule has 0 heteroatoms. The van der Waals surface area contributed by atoms with Crippen molar-refractivity contribution in [1.82, 2.24) is 0 Å². The molecule has 0 aliphatic heterocycles. The van der Waals surface area contributed by atoms with Crippen LogP contribution >= 0.6 is 0 Å². The van der Waals surface area contributed by atoms with Gasteiger partial charge in [0.25, 0.3) is 0 Å². The predicted molar refractivity (Wildman–Crippen MR) is 43.6 cm³/mol. The predicted octanol–water partition coefficient (Wildman–Crippen LogP) is 2.69. The van der Waals surface area contributed by atoms with Crippen molar-refractivity contribution in [2.24, 2.45) is 11.8 Å². The second-order valence-electron chi connectivity index (χ2n) is 3.02. The van der Waals surface area contributed by atoms with Gasteiger partial charge in [-0.3, -0.25) is 0 Å². The fourth-order valence-corrected chi connectivity index (χ4v) is 1.71. The molecule has 0 heterocycles. The second kappa shape index (κ2) is 2.45. The maximum absolute atomic E-state index is 2.35. The van der Waals surface area contributed by atoms with E-state index in [1.165, 1.54) is 12.8 Å². The highest BCUT2D eigenvalue weighted by molar-refractivity contribution is 5.21. The van der Waals surface area contributed by atoms with Crippen LogP contribution in [0, 0.1) is 11.8 Å². The van der Waals surface area contributed by atoms with E-state index in [0.717, 1.165) is 5.92 Å². The van der Waals surface area contributed by atoms with Crippen molar-refractivity contribution in [3.05, 3.63) is 36.5 Å². The average Bonchev–Trinajstić information content (AvgIpc) is 2.59. The van der Waals surface area contributed by atoms with Gasteiger partial charge in [0.05, 0.1) is 0 Å². The summed E-state index contributed by atoms with van der Waals surface area (Å²) in [5.74, 6) is 1.51. The zero-order valence-electron chi connectivity index (χ0n) is 6.03. The zero-order valence-corrected chi connectivity index (χ0v) is 6.03. The van der Waals surface area contributed by atoms with Crippen LogP contribution in [-0.4, -0.2) is 0 Å². The summed E-state index contributed by atoms with van der Waals surface area (Å²) in [7, 11) is 0. The highest BCUT2D eigenvalue weighted by atomic mass is 14.2. The lowest BCUT2D eigenvalue weighted by Crippen LogP contribution is -2.02. The minimum atomic E-state index is 0.707. The summed E-state index contributed by atoms with van der Waals surface area (Å²) in [4.78, 5) is 0. The molecule has 0 spiro atoms. The van der Waals surface area contributed by atoms with Crippen LogP contribution < -0.4 is 0 Å². The molecule has 0 N–H and O–H groups in total. The van der Waals surface area contributed by atoms with Crippen LogP contribution in [0.3, 0.4) is 0 Å². The molecule has 0 bridgehead atoms. The third-order valence-corrected chi connectivity index (χ3v) is 2.32. The van der Waals surface area contributed by atoms with Crippen molar-refractivity contribution in [3.8, 4) is 0 Å². The quantitative estimate of drug-likeness (QED) is 0.481. The smallest absolute Gasteiger partial charge is 0.00157 e. The summed E-state index contributed by atoms with van der Waals surface area (Å²) in [6.45, 7) is 0. The number of rotatable bonds is 1. The van der Waals surface area contributed by atoms with E-state index >= 15 is 0 Å². The molecule has 0 saturated carbocycles. The van der Waals surface area contributed by atoms with Crippen molar-refractivity contribution in [2.45, 2.75) is 12.8 Å². The maximum atomic E-state index is 2.35. The summed E-state index contributed by atoms with van der Waals surface area (Å²) < 4.78 is 0. The lowest BCUT2D eigenvalue weighted by atomic mass is 9.93. The lowest BCUT2D eigenvalue weighted by molar-refractivity contribution is 0.550. The fourth-order valence-electron chi connectivity index (χ4n) is 1.71. The molecular weight excluding hydrogens is 120 g/mol. The molecule has 0 amide bonds. The van der Waals surface area contributed by atoms with Gasteiger partial charge >= 0.3 is 0 Å². The Morgan fingerprint density at radius 3 is 2.40 bits per heavy atom. The van der Waals surface area contributed by atoms with Gasteiger partial charge in [-0.25, -0.2) is 0 Å². The van der Waals surface area contributed by atoms with E-state index in [2.05, 4.69) is 36.5 Å². The third-order valence-electron chi connectivity index (χ3n) is 2.32. The monoisotopic (exact) mass is 132 g/mol. The van der Waals surface area contributed by atoms with Gasteiger partial charge in [0, 0.05) is 5.92 Å². The van der Waals surface area contributed by atoms with Crippen LogP contribution in [0.1, 0.15) is 12.8 Å². The summed E-state index contributed by atoms with van der Waals surface area (Å²) in [5, 5.41) is 0. The van der Waals surface area contributed by atoms with Crippen molar-refractivity contribution >= 4 is 0 Å². The van der Waals surface area contributed by atoms with Crippen LogP contribution in [0.5, 0.6) is 0 Å². The third kappa shape index (κ3) is 0.942. The molecule has 0 nitrogen and oxygen atoms in total. The molecule has 2 aliphatic carbocycles. The molecule has 0 radical (unpaired) electrons. The van der Waals surface area contributed by atoms with Gasteiger partial charge in [-0.2, -0.15) is 0 Å². The number of hydrogen-bond acceptors (Lipinski definition) is 0. The van der Waals surface area contributed by atoms with E-state index in [1.54, 1.807) is 0 Å². The Kier molecular flexibility index (Phi) is 1.46. The lowest BCUT2D eigenvalue weighted by Gasteiger charge is -2.11. The van der Waals surface area contributed by atoms with Crippen LogP contribution in [0.25, 0.3) is 0 Å². The van der Waals surface area contributed by atoms with Gasteiger partial charge in [0.2, 0.25) is 0 Å². The van der Waals surface area contributed by atoms with Crippen molar-refractivity contribution in [1.29, 1.82) is 0 Å². The molecule has 0 aromatic carbocycles. The van der Waals surface area contributed by atoms with E-state index in [9.17, 15) is 0 Å². The molecule has 2 aliphatic rings. The Balaban J connectivity index is 2.05. The van der Waals surface area contributed by atoms with Gasteiger partial charge in [-0.1, -0.05) is 36.5 Å².